The summed E-state index contributed by atoms with van der Waals surface area (Å²) in [6.45, 7) is 14.5. The van der Waals surface area contributed by atoms with Gasteiger partial charge in [-0.2, -0.15) is 0 Å². The topological polar surface area (TPSA) is 67.4 Å². The van der Waals surface area contributed by atoms with E-state index in [0.717, 1.165) is 50.1 Å². The third-order valence-corrected chi connectivity index (χ3v) is 5.07. The number of hydrogen-bond donors (Lipinski definition) is 2. The van der Waals surface area contributed by atoms with Gasteiger partial charge in [-0.15, -0.1) is 24.0 Å². The quantitative estimate of drug-likeness (QED) is 0.208. The van der Waals surface area contributed by atoms with E-state index in [2.05, 4.69) is 61.4 Å². The number of nitrogens with zero attached hydrogens (tertiary/aromatic N) is 2. The zero-order valence-electron chi connectivity index (χ0n) is 19.1. The van der Waals surface area contributed by atoms with Crippen molar-refractivity contribution in [1.29, 1.82) is 0 Å². The molecule has 1 aliphatic heterocycles. The lowest BCUT2D eigenvalue weighted by molar-refractivity contribution is -0.0174. The van der Waals surface area contributed by atoms with Gasteiger partial charge in [-0.25, -0.2) is 4.99 Å². The SMILES string of the molecule is CCNC(=NCc1ccc(C)cc1OCCOC)NCC(C)N1CCOCC1C.I. The van der Waals surface area contributed by atoms with Crippen molar-refractivity contribution >= 4 is 29.9 Å². The molecule has 2 unspecified atom stereocenters. The van der Waals surface area contributed by atoms with E-state index in [1.165, 1.54) is 5.56 Å². The number of nitrogens with one attached hydrogen (secondary N) is 2. The summed E-state index contributed by atoms with van der Waals surface area (Å²) < 4.78 is 16.5. The number of aryl methyl sites for hydroxylation is 1. The summed E-state index contributed by atoms with van der Waals surface area (Å²) in [6, 6.07) is 7.09. The Kier molecular flexibility index (Phi) is 13.3. The number of guanidine groups is 1. The third-order valence-electron chi connectivity index (χ3n) is 5.07. The van der Waals surface area contributed by atoms with E-state index in [9.17, 15) is 0 Å². The van der Waals surface area contributed by atoms with Crippen LogP contribution in [0.2, 0.25) is 0 Å². The van der Waals surface area contributed by atoms with Crippen LogP contribution in [0.15, 0.2) is 23.2 Å². The number of aliphatic imine (C=N–C) groups is 1. The Morgan fingerprint density at radius 2 is 2.13 bits per heavy atom. The molecule has 30 heavy (non-hydrogen) atoms. The first-order chi connectivity index (χ1) is 14.0. The first-order valence-corrected chi connectivity index (χ1v) is 10.6. The summed E-state index contributed by atoms with van der Waals surface area (Å²) in [5, 5.41) is 6.83. The fourth-order valence-electron chi connectivity index (χ4n) is 3.42. The van der Waals surface area contributed by atoms with E-state index in [1.54, 1.807) is 7.11 Å². The van der Waals surface area contributed by atoms with Crippen LogP contribution >= 0.6 is 24.0 Å². The van der Waals surface area contributed by atoms with Crippen molar-refractivity contribution in [3.05, 3.63) is 29.3 Å². The average molecular weight is 534 g/mol. The van der Waals surface area contributed by atoms with Gasteiger partial charge in [-0.1, -0.05) is 12.1 Å². The van der Waals surface area contributed by atoms with Gasteiger partial charge in [-0.3, -0.25) is 4.90 Å². The fourth-order valence-corrected chi connectivity index (χ4v) is 3.42. The zero-order chi connectivity index (χ0) is 21.1. The van der Waals surface area contributed by atoms with E-state index in [0.29, 0.717) is 31.8 Å². The second kappa shape index (κ2) is 14.8. The smallest absolute Gasteiger partial charge is 0.191 e. The predicted octanol–water partition coefficient (Wildman–Crippen LogP) is 2.80. The molecule has 0 bridgehead atoms. The van der Waals surface area contributed by atoms with Crippen molar-refractivity contribution in [3.8, 4) is 5.75 Å². The van der Waals surface area contributed by atoms with Crippen molar-refractivity contribution in [2.24, 2.45) is 4.99 Å². The van der Waals surface area contributed by atoms with Gasteiger partial charge in [0.1, 0.15) is 12.4 Å². The minimum atomic E-state index is 0. The van der Waals surface area contributed by atoms with Crippen molar-refractivity contribution in [3.63, 3.8) is 0 Å². The molecule has 1 heterocycles. The molecule has 0 aromatic heterocycles. The molecule has 2 rings (SSSR count). The van der Waals surface area contributed by atoms with E-state index in [-0.39, 0.29) is 24.0 Å². The molecular weight excluding hydrogens is 495 g/mol. The highest BCUT2D eigenvalue weighted by atomic mass is 127. The van der Waals surface area contributed by atoms with E-state index in [4.69, 9.17) is 19.2 Å². The zero-order valence-corrected chi connectivity index (χ0v) is 21.4. The summed E-state index contributed by atoms with van der Waals surface area (Å²) in [4.78, 5) is 7.27. The van der Waals surface area contributed by atoms with Gasteiger partial charge >= 0.3 is 0 Å². The Labute approximate surface area is 199 Å². The van der Waals surface area contributed by atoms with Gasteiger partial charge in [0.05, 0.1) is 26.4 Å². The minimum absolute atomic E-state index is 0. The maximum atomic E-state index is 5.89. The van der Waals surface area contributed by atoms with Gasteiger partial charge in [0.2, 0.25) is 0 Å². The highest BCUT2D eigenvalue weighted by Gasteiger charge is 2.23. The fraction of sp³-hybridized carbons (Fsp3) is 0.682. The standard InChI is InChI=1S/C22H38N4O3.HI/c1-6-23-22(24-14-18(3)26-9-10-28-16-19(26)4)25-15-20-8-7-17(2)13-21(20)29-12-11-27-5;/h7-8,13,18-19H,6,9-12,14-16H2,1-5H3,(H2,23,24,25);1H. The van der Waals surface area contributed by atoms with Crippen LogP contribution in [0.4, 0.5) is 0 Å². The minimum Gasteiger partial charge on any atom is -0.491 e. The summed E-state index contributed by atoms with van der Waals surface area (Å²) in [5.74, 6) is 1.70. The Morgan fingerprint density at radius 3 is 2.83 bits per heavy atom. The number of rotatable bonds is 10. The molecule has 1 aromatic carbocycles. The Morgan fingerprint density at radius 1 is 1.33 bits per heavy atom. The Balaban J connectivity index is 0.00000450. The molecule has 8 heteroatoms. The van der Waals surface area contributed by atoms with Crippen LogP contribution in [-0.4, -0.2) is 76.1 Å². The lowest BCUT2D eigenvalue weighted by Crippen LogP contribution is -2.53. The molecule has 2 atom stereocenters. The first kappa shape index (κ1) is 26.9. The van der Waals surface area contributed by atoms with E-state index >= 15 is 0 Å². The van der Waals surface area contributed by atoms with Crippen LogP contribution in [0.1, 0.15) is 31.9 Å². The van der Waals surface area contributed by atoms with Crippen molar-refractivity contribution in [1.82, 2.24) is 15.5 Å². The molecule has 1 aliphatic rings. The van der Waals surface area contributed by atoms with Crippen LogP contribution < -0.4 is 15.4 Å². The van der Waals surface area contributed by atoms with E-state index < -0.39 is 0 Å². The molecule has 0 saturated carbocycles. The van der Waals surface area contributed by atoms with Crippen LogP contribution in [-0.2, 0) is 16.0 Å². The molecule has 1 fully saturated rings. The number of benzene rings is 1. The van der Waals surface area contributed by atoms with Crippen molar-refractivity contribution < 1.29 is 14.2 Å². The van der Waals surface area contributed by atoms with Crippen molar-refractivity contribution in [2.45, 2.75) is 46.3 Å². The summed E-state index contributed by atoms with van der Waals surface area (Å²) in [6.07, 6.45) is 0. The van der Waals surface area contributed by atoms with Gasteiger partial charge in [-0.05, 0) is 39.3 Å². The number of halogens is 1. The van der Waals surface area contributed by atoms with Crippen LogP contribution in [0.3, 0.4) is 0 Å². The Hall–Kier alpha value is -1.10. The van der Waals surface area contributed by atoms with Gasteiger partial charge < -0.3 is 24.8 Å². The Bertz CT molecular complexity index is 645. The molecule has 2 N–H and O–H groups in total. The lowest BCUT2D eigenvalue weighted by Gasteiger charge is -2.38. The first-order valence-electron chi connectivity index (χ1n) is 10.6. The number of hydrogen-bond acceptors (Lipinski definition) is 5. The molecule has 0 spiro atoms. The second-order valence-corrected chi connectivity index (χ2v) is 7.54. The highest BCUT2D eigenvalue weighted by Crippen LogP contribution is 2.21. The molecule has 1 aromatic rings. The average Bonchev–Trinajstić information content (AvgIpc) is 2.71. The third kappa shape index (κ3) is 8.95. The molecule has 0 radical (unpaired) electrons. The highest BCUT2D eigenvalue weighted by molar-refractivity contribution is 14.0. The van der Waals surface area contributed by atoms with Gasteiger partial charge in [0, 0.05) is 44.4 Å². The molecule has 1 saturated heterocycles. The monoisotopic (exact) mass is 534 g/mol. The van der Waals surface area contributed by atoms with Crippen LogP contribution in [0, 0.1) is 6.92 Å². The molecule has 172 valence electrons. The predicted molar refractivity (Wildman–Crippen MR) is 133 cm³/mol. The maximum Gasteiger partial charge on any atom is 0.191 e. The van der Waals surface area contributed by atoms with Gasteiger partial charge in [0.25, 0.3) is 0 Å². The molecule has 7 nitrogen and oxygen atoms in total. The summed E-state index contributed by atoms with van der Waals surface area (Å²) >= 11 is 0. The van der Waals surface area contributed by atoms with Crippen LogP contribution in [0.5, 0.6) is 5.75 Å². The maximum absolute atomic E-state index is 5.89. The van der Waals surface area contributed by atoms with Crippen LogP contribution in [0.25, 0.3) is 0 Å². The normalized spacial score (nSPS) is 18.4. The second-order valence-electron chi connectivity index (χ2n) is 7.54. The number of morpholine rings is 1. The summed E-state index contributed by atoms with van der Waals surface area (Å²) in [5.41, 5.74) is 2.24. The van der Waals surface area contributed by atoms with Gasteiger partial charge in [0.15, 0.2) is 5.96 Å². The summed E-state index contributed by atoms with van der Waals surface area (Å²) in [7, 11) is 1.68. The lowest BCUT2D eigenvalue weighted by atomic mass is 10.1. The largest absolute Gasteiger partial charge is 0.491 e. The molecule has 0 aliphatic carbocycles. The number of methoxy groups -OCH3 is 1. The van der Waals surface area contributed by atoms with E-state index in [1.807, 2.05) is 0 Å². The molecule has 0 amide bonds. The van der Waals surface area contributed by atoms with Crippen molar-refractivity contribution in [2.75, 3.05) is 53.2 Å². The molecular formula is C22H39IN4O3. The number of ether oxygens (including phenoxy) is 3.